The first kappa shape index (κ1) is 14.9. The zero-order valence-corrected chi connectivity index (χ0v) is 11.5. The van der Waals surface area contributed by atoms with E-state index < -0.39 is 10.0 Å². The van der Waals surface area contributed by atoms with Gasteiger partial charge in [0, 0.05) is 13.1 Å². The van der Waals surface area contributed by atoms with Crippen LogP contribution in [0.3, 0.4) is 0 Å². The third-order valence-corrected chi connectivity index (χ3v) is 2.67. The number of nitrogens with one attached hydrogen (secondary N) is 2. The topological polar surface area (TPSA) is 106 Å². The minimum absolute atomic E-state index is 0.0265. The number of hydrogen-bond acceptors (Lipinski definition) is 7. The molecule has 1 aromatic rings. The lowest BCUT2D eigenvalue weighted by Gasteiger charge is -2.06. The summed E-state index contributed by atoms with van der Waals surface area (Å²) in [6.45, 7) is 0.827. The average Bonchev–Trinajstić information content (AvgIpc) is 2.26. The molecule has 0 fully saturated rings. The smallest absolute Gasteiger partial charge is 0.322 e. The van der Waals surface area contributed by atoms with Gasteiger partial charge in [-0.15, -0.1) is 0 Å². The molecule has 0 bridgehead atoms. The summed E-state index contributed by atoms with van der Waals surface area (Å²) in [5, 5.41) is 2.91. The molecule has 0 aliphatic heterocycles. The zero-order valence-electron chi connectivity index (χ0n) is 9.97. The molecule has 8 nitrogen and oxygen atoms in total. The highest BCUT2D eigenvalue weighted by atomic mass is 35.5. The second kappa shape index (κ2) is 6.66. The first-order valence-electron chi connectivity index (χ1n) is 5.05. The first-order chi connectivity index (χ1) is 8.40. The number of sulfonamides is 1. The largest absolute Gasteiger partial charge is 0.467 e. The maximum atomic E-state index is 10.8. The zero-order chi connectivity index (χ0) is 13.6. The van der Waals surface area contributed by atoms with Crippen LogP contribution in [-0.2, 0) is 10.0 Å². The highest BCUT2D eigenvalue weighted by Gasteiger charge is 2.04. The van der Waals surface area contributed by atoms with Crippen molar-refractivity contribution in [3.8, 4) is 6.01 Å². The van der Waals surface area contributed by atoms with E-state index in [1.54, 1.807) is 0 Å². The van der Waals surface area contributed by atoms with Gasteiger partial charge in [0.25, 0.3) is 0 Å². The summed E-state index contributed by atoms with van der Waals surface area (Å²) in [4.78, 5) is 11.5. The van der Waals surface area contributed by atoms with Gasteiger partial charge in [0.15, 0.2) is 0 Å². The van der Waals surface area contributed by atoms with Crippen LogP contribution < -0.4 is 14.8 Å². The normalized spacial score (nSPS) is 11.3. The average molecular weight is 296 g/mol. The Morgan fingerprint density at radius 1 is 1.28 bits per heavy atom. The van der Waals surface area contributed by atoms with Gasteiger partial charge in [0.1, 0.15) is 0 Å². The van der Waals surface area contributed by atoms with Gasteiger partial charge >= 0.3 is 6.01 Å². The summed E-state index contributed by atoms with van der Waals surface area (Å²) in [5.41, 5.74) is 0. The van der Waals surface area contributed by atoms with Crippen LogP contribution in [-0.4, -0.2) is 49.8 Å². The molecule has 0 aromatic carbocycles. The molecule has 1 rings (SSSR count). The quantitative estimate of drug-likeness (QED) is 0.676. The lowest BCUT2D eigenvalue weighted by molar-refractivity contribution is 0.379. The minimum atomic E-state index is -3.15. The Hall–Kier alpha value is -1.19. The number of hydrogen-bond donors (Lipinski definition) is 2. The number of rotatable bonds is 7. The molecule has 10 heteroatoms. The molecule has 1 aromatic heterocycles. The Labute approximate surface area is 110 Å². The first-order valence-corrected chi connectivity index (χ1v) is 7.32. The molecular formula is C8H14ClN5O3S. The van der Waals surface area contributed by atoms with Gasteiger partial charge in [-0.25, -0.2) is 13.1 Å². The van der Waals surface area contributed by atoms with Gasteiger partial charge in [-0.3, -0.25) is 0 Å². The summed E-state index contributed by atoms with van der Waals surface area (Å²) < 4.78 is 28.8. The minimum Gasteiger partial charge on any atom is -0.467 e. The van der Waals surface area contributed by atoms with Crippen LogP contribution >= 0.6 is 11.6 Å². The summed E-state index contributed by atoms with van der Waals surface area (Å²) >= 11 is 5.65. The number of anilines is 1. The number of methoxy groups -OCH3 is 1. The monoisotopic (exact) mass is 295 g/mol. The molecule has 0 unspecified atom stereocenters. The maximum Gasteiger partial charge on any atom is 0.322 e. The van der Waals surface area contributed by atoms with Crippen molar-refractivity contribution < 1.29 is 13.2 Å². The van der Waals surface area contributed by atoms with E-state index in [4.69, 9.17) is 16.3 Å². The highest BCUT2D eigenvalue weighted by Crippen LogP contribution is 2.10. The van der Waals surface area contributed by atoms with Crippen molar-refractivity contribution >= 4 is 27.6 Å². The fourth-order valence-electron chi connectivity index (χ4n) is 1.05. The Kier molecular flexibility index (Phi) is 5.51. The van der Waals surface area contributed by atoms with Crippen LogP contribution in [0.5, 0.6) is 6.01 Å². The molecule has 102 valence electrons. The lowest BCUT2D eigenvalue weighted by atomic mass is 10.4. The number of aromatic nitrogens is 3. The van der Waals surface area contributed by atoms with Crippen LogP contribution in [0, 0.1) is 0 Å². The number of halogens is 1. The van der Waals surface area contributed by atoms with E-state index in [2.05, 4.69) is 25.0 Å². The van der Waals surface area contributed by atoms with E-state index in [9.17, 15) is 8.42 Å². The standard InChI is InChI=1S/C8H14ClN5O3S/c1-17-8-13-6(9)12-7(14-8)10-4-3-5-11-18(2,15)16/h11H,3-5H2,1-2H3,(H,10,12,13,14). The number of ether oxygens (including phenoxy) is 1. The molecule has 0 aliphatic rings. The van der Waals surface area contributed by atoms with Crippen molar-refractivity contribution in [1.82, 2.24) is 19.7 Å². The van der Waals surface area contributed by atoms with E-state index in [1.807, 2.05) is 0 Å². The van der Waals surface area contributed by atoms with Crippen LogP contribution in [0.1, 0.15) is 6.42 Å². The molecule has 0 saturated heterocycles. The molecule has 0 amide bonds. The van der Waals surface area contributed by atoms with Crippen LogP contribution in [0.25, 0.3) is 0 Å². The van der Waals surface area contributed by atoms with Crippen molar-refractivity contribution in [2.45, 2.75) is 6.42 Å². The van der Waals surface area contributed by atoms with Gasteiger partial charge in [-0.05, 0) is 18.0 Å². The van der Waals surface area contributed by atoms with Crippen LogP contribution in [0.4, 0.5) is 5.95 Å². The lowest BCUT2D eigenvalue weighted by Crippen LogP contribution is -2.24. The SMILES string of the molecule is COc1nc(Cl)nc(NCCCNS(C)(=O)=O)n1. The van der Waals surface area contributed by atoms with Crippen molar-refractivity contribution in [2.75, 3.05) is 31.8 Å². The maximum absolute atomic E-state index is 10.8. The second-order valence-corrected chi connectivity index (χ2v) is 5.53. The summed E-state index contributed by atoms with van der Waals surface area (Å²) in [6.07, 6.45) is 1.69. The summed E-state index contributed by atoms with van der Waals surface area (Å²) in [6, 6.07) is 0.117. The predicted octanol–water partition coefficient (Wildman–Crippen LogP) is -0.115. The molecule has 0 aliphatic carbocycles. The van der Waals surface area contributed by atoms with Crippen LogP contribution in [0.2, 0.25) is 5.28 Å². The number of nitrogens with zero attached hydrogens (tertiary/aromatic N) is 3. The van der Waals surface area contributed by atoms with E-state index in [1.165, 1.54) is 7.11 Å². The molecule has 1 heterocycles. The van der Waals surface area contributed by atoms with Gasteiger partial charge in [0.05, 0.1) is 13.4 Å². The van der Waals surface area contributed by atoms with E-state index in [0.29, 0.717) is 19.5 Å². The van der Waals surface area contributed by atoms with Crippen molar-refractivity contribution in [2.24, 2.45) is 0 Å². The van der Waals surface area contributed by atoms with Crippen molar-refractivity contribution in [3.63, 3.8) is 0 Å². The van der Waals surface area contributed by atoms with Gasteiger partial charge < -0.3 is 10.1 Å². The highest BCUT2D eigenvalue weighted by molar-refractivity contribution is 7.88. The molecule has 0 atom stereocenters. The second-order valence-electron chi connectivity index (χ2n) is 3.36. The van der Waals surface area contributed by atoms with E-state index in [-0.39, 0.29) is 17.2 Å². The predicted molar refractivity (Wildman–Crippen MR) is 67.3 cm³/mol. The Morgan fingerprint density at radius 3 is 2.61 bits per heavy atom. The Bertz CT molecular complexity index is 496. The van der Waals surface area contributed by atoms with E-state index in [0.717, 1.165) is 6.26 Å². The fraction of sp³-hybridized carbons (Fsp3) is 0.625. The molecule has 2 N–H and O–H groups in total. The molecular weight excluding hydrogens is 282 g/mol. The third kappa shape index (κ3) is 5.94. The molecule has 0 radical (unpaired) electrons. The van der Waals surface area contributed by atoms with Crippen molar-refractivity contribution in [3.05, 3.63) is 5.28 Å². The van der Waals surface area contributed by atoms with Crippen molar-refractivity contribution in [1.29, 1.82) is 0 Å². The van der Waals surface area contributed by atoms with Gasteiger partial charge in [-0.1, -0.05) is 0 Å². The molecule has 18 heavy (non-hydrogen) atoms. The Morgan fingerprint density at radius 2 is 2.00 bits per heavy atom. The Balaban J connectivity index is 2.37. The summed E-state index contributed by atoms with van der Waals surface area (Å²) in [7, 11) is -1.72. The summed E-state index contributed by atoms with van der Waals surface area (Å²) in [5.74, 6) is 0.284. The third-order valence-electron chi connectivity index (χ3n) is 1.77. The van der Waals surface area contributed by atoms with Gasteiger partial charge in [0.2, 0.25) is 21.3 Å². The van der Waals surface area contributed by atoms with Crippen LogP contribution in [0.15, 0.2) is 0 Å². The molecule has 0 spiro atoms. The van der Waals surface area contributed by atoms with E-state index >= 15 is 0 Å². The fourth-order valence-corrected chi connectivity index (χ4v) is 1.72. The van der Waals surface area contributed by atoms with Gasteiger partial charge in [-0.2, -0.15) is 15.0 Å². The molecule has 0 saturated carbocycles.